The van der Waals surface area contributed by atoms with E-state index in [9.17, 15) is 14.4 Å². The molecule has 0 bridgehead atoms. The summed E-state index contributed by atoms with van der Waals surface area (Å²) in [5.74, 6) is 0.246. The monoisotopic (exact) mass is 390 g/mol. The molecule has 1 saturated heterocycles. The molecule has 4 aliphatic carbocycles. The van der Waals surface area contributed by atoms with E-state index in [4.69, 9.17) is 9.47 Å². The van der Waals surface area contributed by atoms with Gasteiger partial charge in [0.25, 0.3) is 0 Å². The van der Waals surface area contributed by atoms with Crippen molar-refractivity contribution in [2.75, 3.05) is 13.2 Å². The molecule has 4 saturated carbocycles. The molecular weight excluding hydrogens is 360 g/mol. The average Bonchev–Trinajstić information content (AvgIpc) is 3.23. The van der Waals surface area contributed by atoms with E-state index in [0.29, 0.717) is 64.6 Å². The number of carbonyl (C=O) groups excluding carboxylic acids is 3. The molecule has 0 unspecified atom stereocenters. The molecule has 0 radical (unpaired) electrons. The highest BCUT2D eigenvalue weighted by atomic mass is 16.7. The van der Waals surface area contributed by atoms with Gasteiger partial charge in [-0.05, 0) is 11.8 Å². The Morgan fingerprint density at radius 2 is 1.29 bits per heavy atom. The van der Waals surface area contributed by atoms with Crippen LogP contribution in [0.2, 0.25) is 0 Å². The van der Waals surface area contributed by atoms with Crippen LogP contribution in [0, 0.1) is 17.3 Å². The van der Waals surface area contributed by atoms with Crippen LogP contribution < -0.4 is 10.9 Å². The van der Waals surface area contributed by atoms with Gasteiger partial charge in [0.05, 0.1) is 13.2 Å². The molecule has 7 heteroatoms. The number of ketones is 3. The molecule has 0 aromatic carbocycles. The SMILES string of the molecule is CC1(C)COC2(C[C@H]3CC(=O)C[C@@]3(NNC34CC(=O)CC3CC(=O)C4)C2)OC1. The van der Waals surface area contributed by atoms with E-state index in [1.807, 2.05) is 0 Å². The molecule has 5 rings (SSSR count). The van der Waals surface area contributed by atoms with Crippen LogP contribution in [0.3, 0.4) is 0 Å². The lowest BCUT2D eigenvalue weighted by molar-refractivity contribution is -0.298. The van der Waals surface area contributed by atoms with Crippen molar-refractivity contribution in [2.45, 2.75) is 82.1 Å². The third kappa shape index (κ3) is 2.90. The van der Waals surface area contributed by atoms with Crippen molar-refractivity contribution in [3.63, 3.8) is 0 Å². The summed E-state index contributed by atoms with van der Waals surface area (Å²) in [6.45, 7) is 5.54. The zero-order valence-electron chi connectivity index (χ0n) is 16.8. The van der Waals surface area contributed by atoms with Crippen LogP contribution in [-0.4, -0.2) is 47.4 Å². The van der Waals surface area contributed by atoms with Gasteiger partial charge in [0.1, 0.15) is 17.3 Å². The van der Waals surface area contributed by atoms with Gasteiger partial charge in [0, 0.05) is 67.9 Å². The van der Waals surface area contributed by atoms with Crippen molar-refractivity contribution in [1.29, 1.82) is 0 Å². The van der Waals surface area contributed by atoms with E-state index in [1.54, 1.807) is 0 Å². The number of hydrogen-bond donors (Lipinski definition) is 2. The molecule has 1 spiro atoms. The first-order chi connectivity index (χ1) is 13.1. The number of rotatable bonds is 3. The van der Waals surface area contributed by atoms with Gasteiger partial charge in [-0.15, -0.1) is 0 Å². The number of nitrogens with one attached hydrogen (secondary N) is 2. The zero-order valence-corrected chi connectivity index (χ0v) is 16.8. The Bertz CT molecular complexity index is 717. The fourth-order valence-electron chi connectivity index (χ4n) is 6.24. The Balaban J connectivity index is 1.35. The van der Waals surface area contributed by atoms with Crippen molar-refractivity contribution >= 4 is 17.3 Å². The molecule has 7 nitrogen and oxygen atoms in total. The predicted octanol–water partition coefficient (Wildman–Crippen LogP) is 1.44. The first-order valence-corrected chi connectivity index (χ1v) is 10.5. The maximum Gasteiger partial charge on any atom is 0.170 e. The molecule has 2 N–H and O–H groups in total. The smallest absolute Gasteiger partial charge is 0.170 e. The highest BCUT2D eigenvalue weighted by molar-refractivity contribution is 5.91. The van der Waals surface area contributed by atoms with Gasteiger partial charge in [-0.2, -0.15) is 0 Å². The fraction of sp³-hybridized carbons (Fsp3) is 0.857. The fourth-order valence-corrected chi connectivity index (χ4v) is 6.24. The third-order valence-electron chi connectivity index (χ3n) is 7.68. The topological polar surface area (TPSA) is 93.7 Å². The van der Waals surface area contributed by atoms with Crippen LogP contribution in [-0.2, 0) is 23.9 Å². The number of carbonyl (C=O) groups is 3. The predicted molar refractivity (Wildman–Crippen MR) is 99.1 cm³/mol. The second-order valence-corrected chi connectivity index (χ2v) is 10.7. The van der Waals surface area contributed by atoms with Crippen LogP contribution in [0.15, 0.2) is 0 Å². The van der Waals surface area contributed by atoms with Crippen LogP contribution in [0.5, 0.6) is 0 Å². The molecule has 28 heavy (non-hydrogen) atoms. The second kappa shape index (κ2) is 5.94. The summed E-state index contributed by atoms with van der Waals surface area (Å²) in [7, 11) is 0. The van der Waals surface area contributed by atoms with E-state index in [1.165, 1.54) is 0 Å². The van der Waals surface area contributed by atoms with Gasteiger partial charge in [0.15, 0.2) is 5.79 Å². The quantitative estimate of drug-likeness (QED) is 0.704. The third-order valence-corrected chi connectivity index (χ3v) is 7.68. The van der Waals surface area contributed by atoms with E-state index in [0.717, 1.165) is 0 Å². The summed E-state index contributed by atoms with van der Waals surface area (Å²) >= 11 is 0. The van der Waals surface area contributed by atoms with Crippen molar-refractivity contribution in [3.8, 4) is 0 Å². The Hall–Kier alpha value is -1.15. The van der Waals surface area contributed by atoms with Crippen LogP contribution in [0.4, 0.5) is 0 Å². The summed E-state index contributed by atoms with van der Waals surface area (Å²) in [6.07, 6.45) is 4.00. The minimum Gasteiger partial charge on any atom is -0.349 e. The zero-order chi connectivity index (χ0) is 19.8. The molecule has 2 atom stereocenters. The summed E-state index contributed by atoms with van der Waals surface area (Å²) in [4.78, 5) is 36.5. The van der Waals surface area contributed by atoms with Crippen molar-refractivity contribution < 1.29 is 23.9 Å². The lowest BCUT2D eigenvalue weighted by atomic mass is 9.89. The van der Waals surface area contributed by atoms with Crippen molar-refractivity contribution in [1.82, 2.24) is 10.9 Å². The Morgan fingerprint density at radius 3 is 1.89 bits per heavy atom. The van der Waals surface area contributed by atoms with Crippen molar-refractivity contribution in [3.05, 3.63) is 0 Å². The molecule has 0 aromatic rings. The molecule has 5 fully saturated rings. The van der Waals surface area contributed by atoms with Crippen LogP contribution in [0.25, 0.3) is 0 Å². The van der Waals surface area contributed by atoms with E-state index < -0.39 is 16.9 Å². The average molecular weight is 390 g/mol. The lowest BCUT2D eigenvalue weighted by Gasteiger charge is -2.43. The Labute approximate surface area is 165 Å². The molecular formula is C21H30N2O5. The maximum absolute atomic E-state index is 12.3. The normalized spacial score (nSPS) is 43.7. The largest absolute Gasteiger partial charge is 0.349 e. The second-order valence-electron chi connectivity index (χ2n) is 10.7. The number of Topliss-reactive ketones (excluding diaryl/α,β-unsaturated/α-hetero) is 3. The van der Waals surface area contributed by atoms with Gasteiger partial charge in [-0.1, -0.05) is 13.8 Å². The number of hydrazine groups is 1. The van der Waals surface area contributed by atoms with Gasteiger partial charge in [-0.3, -0.25) is 19.8 Å². The molecule has 0 amide bonds. The minimum absolute atomic E-state index is 0.00177. The van der Waals surface area contributed by atoms with E-state index in [-0.39, 0.29) is 34.6 Å². The number of fused-ring (bicyclic) bond motifs is 2. The summed E-state index contributed by atoms with van der Waals surface area (Å²) in [5.41, 5.74) is 5.98. The Kier molecular flexibility index (Phi) is 4.00. The number of ether oxygens (including phenoxy) is 2. The van der Waals surface area contributed by atoms with Gasteiger partial charge < -0.3 is 9.47 Å². The highest BCUT2D eigenvalue weighted by Gasteiger charge is 2.63. The molecule has 154 valence electrons. The molecule has 1 heterocycles. The molecule has 5 aliphatic rings. The maximum atomic E-state index is 12.3. The summed E-state index contributed by atoms with van der Waals surface area (Å²) in [6, 6.07) is 0. The molecule has 1 aliphatic heterocycles. The Morgan fingerprint density at radius 1 is 0.786 bits per heavy atom. The summed E-state index contributed by atoms with van der Waals surface area (Å²) in [5, 5.41) is 0. The highest BCUT2D eigenvalue weighted by Crippen LogP contribution is 2.54. The lowest BCUT2D eigenvalue weighted by Crippen LogP contribution is -2.62. The number of hydrogen-bond acceptors (Lipinski definition) is 7. The first kappa shape index (κ1) is 18.9. The van der Waals surface area contributed by atoms with Crippen LogP contribution >= 0.6 is 0 Å². The first-order valence-electron chi connectivity index (χ1n) is 10.5. The summed E-state index contributed by atoms with van der Waals surface area (Å²) < 4.78 is 12.4. The van der Waals surface area contributed by atoms with Gasteiger partial charge in [0.2, 0.25) is 0 Å². The van der Waals surface area contributed by atoms with E-state index >= 15 is 0 Å². The van der Waals surface area contributed by atoms with Crippen molar-refractivity contribution in [2.24, 2.45) is 17.3 Å². The van der Waals surface area contributed by atoms with Crippen LogP contribution in [0.1, 0.15) is 65.2 Å². The van der Waals surface area contributed by atoms with E-state index in [2.05, 4.69) is 24.7 Å². The minimum atomic E-state index is -0.635. The standard InChI is InChI=1S/C21H30N2O5/c1-18(2)11-27-21(28-12-18)6-14-5-17(26)9-20(14,10-21)23-22-19-7-15(24)3-13(19)4-16(25)8-19/h13-14,22-23H,3-12H2,1-2H3/t13?,14-,19?,20-/m1/s1. The molecule has 0 aromatic heterocycles. The van der Waals surface area contributed by atoms with Gasteiger partial charge in [-0.25, -0.2) is 5.43 Å². The van der Waals surface area contributed by atoms with Gasteiger partial charge >= 0.3 is 0 Å².